The molecule has 0 saturated heterocycles. The number of carbonyl (C=O) groups is 1. The number of aliphatic carboxylic acids is 1. The van der Waals surface area contributed by atoms with E-state index in [0.29, 0.717) is 6.42 Å². The van der Waals surface area contributed by atoms with E-state index in [9.17, 15) is 4.79 Å². The molecule has 4 nitrogen and oxygen atoms in total. The van der Waals surface area contributed by atoms with Crippen molar-refractivity contribution in [3.05, 3.63) is 0 Å². The van der Waals surface area contributed by atoms with Crippen molar-refractivity contribution in [1.82, 2.24) is 10.2 Å². The Balaban J connectivity index is 4.09. The maximum absolute atomic E-state index is 10.8. The van der Waals surface area contributed by atoms with E-state index in [4.69, 9.17) is 5.11 Å². The number of hydrogen-bond acceptors (Lipinski definition) is 3. The molecular weight excluding hydrogens is 192 g/mol. The van der Waals surface area contributed by atoms with Crippen molar-refractivity contribution >= 4 is 5.97 Å². The third-order valence-electron chi connectivity index (χ3n) is 3.30. The second kappa shape index (κ2) is 6.08. The molecule has 0 aliphatic heterocycles. The molecule has 0 amide bonds. The predicted molar refractivity (Wildman–Crippen MR) is 62.1 cm³/mol. The number of nitrogens with zero attached hydrogens (tertiary/aromatic N) is 1. The molecule has 0 spiro atoms. The minimum absolute atomic E-state index is 0.136. The molecule has 0 saturated carbocycles. The smallest absolute Gasteiger partial charge is 0.320 e. The Labute approximate surface area is 92.7 Å². The van der Waals surface area contributed by atoms with Crippen LogP contribution in [0.4, 0.5) is 0 Å². The molecule has 1 atom stereocenters. The Morgan fingerprint density at radius 1 is 1.53 bits per heavy atom. The average molecular weight is 216 g/mol. The van der Waals surface area contributed by atoms with E-state index in [1.54, 1.807) is 7.05 Å². The fourth-order valence-electron chi connectivity index (χ4n) is 1.29. The molecule has 0 heterocycles. The summed E-state index contributed by atoms with van der Waals surface area (Å²) in [5.74, 6) is -0.778. The lowest BCUT2D eigenvalue weighted by Crippen LogP contribution is -2.44. The van der Waals surface area contributed by atoms with Crippen LogP contribution in [0, 0.1) is 0 Å². The first-order valence-electron chi connectivity index (χ1n) is 5.46. The number of carboxylic acids is 1. The van der Waals surface area contributed by atoms with Crippen LogP contribution in [0.15, 0.2) is 0 Å². The predicted octanol–water partition coefficient (Wildman–Crippen LogP) is 1.17. The second-order valence-electron chi connectivity index (χ2n) is 4.56. The Kier molecular flexibility index (Phi) is 5.83. The van der Waals surface area contributed by atoms with Gasteiger partial charge in [0, 0.05) is 12.1 Å². The lowest BCUT2D eigenvalue weighted by Gasteiger charge is -2.35. The van der Waals surface area contributed by atoms with Crippen molar-refractivity contribution in [3.63, 3.8) is 0 Å². The van der Waals surface area contributed by atoms with Gasteiger partial charge in [-0.05, 0) is 40.8 Å². The van der Waals surface area contributed by atoms with Crippen molar-refractivity contribution in [2.45, 2.75) is 45.2 Å². The molecule has 0 aromatic rings. The van der Waals surface area contributed by atoms with Gasteiger partial charge >= 0.3 is 5.97 Å². The molecule has 4 heteroatoms. The van der Waals surface area contributed by atoms with Gasteiger partial charge in [-0.3, -0.25) is 4.79 Å². The van der Waals surface area contributed by atoms with Gasteiger partial charge in [0.1, 0.15) is 6.04 Å². The van der Waals surface area contributed by atoms with Crippen LogP contribution < -0.4 is 5.32 Å². The van der Waals surface area contributed by atoms with Crippen molar-refractivity contribution in [1.29, 1.82) is 0 Å². The summed E-state index contributed by atoms with van der Waals surface area (Å²) in [6, 6.07) is -0.444. The van der Waals surface area contributed by atoms with Crippen LogP contribution in [0.25, 0.3) is 0 Å². The highest BCUT2D eigenvalue weighted by atomic mass is 16.4. The summed E-state index contributed by atoms with van der Waals surface area (Å²) in [5, 5.41) is 11.7. The molecule has 0 aliphatic carbocycles. The van der Waals surface area contributed by atoms with Crippen LogP contribution in [0.5, 0.6) is 0 Å². The van der Waals surface area contributed by atoms with E-state index in [0.717, 1.165) is 13.0 Å². The third-order valence-corrected chi connectivity index (χ3v) is 3.30. The number of rotatable bonds is 7. The van der Waals surface area contributed by atoms with Crippen molar-refractivity contribution in [2.75, 3.05) is 20.6 Å². The molecule has 90 valence electrons. The standard InChI is InChI=1S/C11H24N2O2/c1-6-11(2,3)13(5)8-7-9(12-4)10(14)15/h9,12H,6-8H2,1-5H3,(H,14,15). The van der Waals surface area contributed by atoms with E-state index in [1.165, 1.54) is 0 Å². The van der Waals surface area contributed by atoms with Gasteiger partial charge in [0.15, 0.2) is 0 Å². The molecule has 15 heavy (non-hydrogen) atoms. The van der Waals surface area contributed by atoms with Gasteiger partial charge in [0.05, 0.1) is 0 Å². The topological polar surface area (TPSA) is 52.6 Å². The van der Waals surface area contributed by atoms with Gasteiger partial charge in [-0.2, -0.15) is 0 Å². The monoisotopic (exact) mass is 216 g/mol. The van der Waals surface area contributed by atoms with E-state index in [2.05, 4.69) is 31.0 Å². The number of nitrogens with one attached hydrogen (secondary N) is 1. The number of hydrogen-bond donors (Lipinski definition) is 2. The van der Waals surface area contributed by atoms with E-state index < -0.39 is 12.0 Å². The van der Waals surface area contributed by atoms with Crippen molar-refractivity contribution < 1.29 is 9.90 Å². The van der Waals surface area contributed by atoms with Gasteiger partial charge in [0.2, 0.25) is 0 Å². The van der Waals surface area contributed by atoms with Gasteiger partial charge in [-0.1, -0.05) is 6.92 Å². The molecule has 0 aliphatic rings. The second-order valence-corrected chi connectivity index (χ2v) is 4.56. The fourth-order valence-corrected chi connectivity index (χ4v) is 1.29. The highest BCUT2D eigenvalue weighted by Gasteiger charge is 2.23. The maximum Gasteiger partial charge on any atom is 0.320 e. The molecule has 0 rings (SSSR count). The largest absolute Gasteiger partial charge is 0.480 e. The van der Waals surface area contributed by atoms with Crippen LogP contribution >= 0.6 is 0 Å². The SMILES string of the molecule is CCC(C)(C)N(C)CCC(NC)C(=O)O. The van der Waals surface area contributed by atoms with Crippen molar-refractivity contribution in [3.8, 4) is 0 Å². The highest BCUT2D eigenvalue weighted by molar-refractivity contribution is 5.73. The first kappa shape index (κ1) is 14.4. The molecule has 1 unspecified atom stereocenters. The Hall–Kier alpha value is -0.610. The fraction of sp³-hybridized carbons (Fsp3) is 0.909. The van der Waals surface area contributed by atoms with Crippen molar-refractivity contribution in [2.24, 2.45) is 0 Å². The Morgan fingerprint density at radius 3 is 2.40 bits per heavy atom. The molecule has 2 N–H and O–H groups in total. The summed E-state index contributed by atoms with van der Waals surface area (Å²) in [5.41, 5.74) is 0.136. The van der Waals surface area contributed by atoms with E-state index in [-0.39, 0.29) is 5.54 Å². The minimum Gasteiger partial charge on any atom is -0.480 e. The molecule has 0 aromatic carbocycles. The number of carboxylic acid groups (broad SMARTS) is 1. The first-order chi connectivity index (χ1) is 6.85. The zero-order chi connectivity index (χ0) is 12.1. The summed E-state index contributed by atoms with van der Waals surface area (Å²) < 4.78 is 0. The summed E-state index contributed by atoms with van der Waals surface area (Å²) in [7, 11) is 3.72. The quantitative estimate of drug-likeness (QED) is 0.671. The first-order valence-corrected chi connectivity index (χ1v) is 5.46. The van der Waals surface area contributed by atoms with E-state index >= 15 is 0 Å². The third kappa shape index (κ3) is 4.62. The molecule has 0 bridgehead atoms. The molecule has 0 aromatic heterocycles. The zero-order valence-electron chi connectivity index (χ0n) is 10.5. The average Bonchev–Trinajstić information content (AvgIpc) is 2.17. The number of likely N-dealkylation sites (N-methyl/N-ethyl adjacent to an activating group) is 1. The Bertz CT molecular complexity index is 205. The summed E-state index contributed by atoms with van der Waals surface area (Å²) in [6.07, 6.45) is 1.69. The summed E-state index contributed by atoms with van der Waals surface area (Å²) in [6.45, 7) is 7.27. The van der Waals surface area contributed by atoms with E-state index in [1.807, 2.05) is 7.05 Å². The maximum atomic E-state index is 10.8. The highest BCUT2D eigenvalue weighted by Crippen LogP contribution is 2.16. The van der Waals surface area contributed by atoms with Crippen LogP contribution in [-0.2, 0) is 4.79 Å². The lowest BCUT2D eigenvalue weighted by molar-refractivity contribution is -0.139. The molecule has 0 radical (unpaired) electrons. The normalized spacial score (nSPS) is 14.3. The lowest BCUT2D eigenvalue weighted by atomic mass is 9.99. The molecule has 0 fully saturated rings. The Morgan fingerprint density at radius 2 is 2.07 bits per heavy atom. The summed E-state index contributed by atoms with van der Waals surface area (Å²) in [4.78, 5) is 13.0. The van der Waals surface area contributed by atoms with Crippen LogP contribution in [-0.4, -0.2) is 48.2 Å². The van der Waals surface area contributed by atoms with Crippen LogP contribution in [0.2, 0.25) is 0 Å². The van der Waals surface area contributed by atoms with Gasteiger partial charge in [-0.15, -0.1) is 0 Å². The van der Waals surface area contributed by atoms with Crippen LogP contribution in [0.1, 0.15) is 33.6 Å². The van der Waals surface area contributed by atoms with Gasteiger partial charge < -0.3 is 15.3 Å². The van der Waals surface area contributed by atoms with Gasteiger partial charge in [0.25, 0.3) is 0 Å². The van der Waals surface area contributed by atoms with Crippen LogP contribution in [0.3, 0.4) is 0 Å². The molecular formula is C11H24N2O2. The van der Waals surface area contributed by atoms with Gasteiger partial charge in [-0.25, -0.2) is 0 Å². The minimum atomic E-state index is -0.778. The zero-order valence-corrected chi connectivity index (χ0v) is 10.5. The summed E-state index contributed by atoms with van der Waals surface area (Å²) >= 11 is 0.